The molecule has 148 valence electrons. The lowest BCUT2D eigenvalue weighted by molar-refractivity contribution is -0.274. The fraction of sp³-hybridized carbons (Fsp3) is 0.333. The third-order valence-corrected chi connectivity index (χ3v) is 5.22. The number of rotatable bonds is 8. The minimum atomic E-state index is -4.84. The molecule has 0 aliphatic rings. The summed E-state index contributed by atoms with van der Waals surface area (Å²) in [6.07, 6.45) is -5.12. The third-order valence-electron chi connectivity index (χ3n) is 3.78. The number of benzene rings is 2. The molecule has 0 spiro atoms. The second-order valence-corrected chi connectivity index (χ2v) is 7.83. The van der Waals surface area contributed by atoms with E-state index in [-0.39, 0.29) is 17.4 Å². The molecule has 0 bridgehead atoms. The van der Waals surface area contributed by atoms with Gasteiger partial charge in [0.25, 0.3) is 0 Å². The van der Waals surface area contributed by atoms with Gasteiger partial charge in [-0.1, -0.05) is 30.3 Å². The molecule has 0 radical (unpaired) electrons. The molecule has 0 fully saturated rings. The second-order valence-electron chi connectivity index (χ2n) is 6.06. The van der Waals surface area contributed by atoms with Crippen LogP contribution in [-0.2, 0) is 10.0 Å². The van der Waals surface area contributed by atoms with Crippen LogP contribution < -0.4 is 9.46 Å². The van der Waals surface area contributed by atoms with Crippen LogP contribution in [0.25, 0.3) is 0 Å². The summed E-state index contributed by atoms with van der Waals surface area (Å²) in [5.41, 5.74) is 0.870. The lowest BCUT2D eigenvalue weighted by atomic mass is 9.94. The standard InChI is InChI=1S/C18H20F3NO4S/c1-13(23)11-15(14-5-3-2-4-6-14)12-22-27(24,25)17-9-7-16(8-10-17)26-18(19,20)21/h2-10,13,15,22-23H,11-12H2,1H3/t13-,15-/m1/s1. The summed E-state index contributed by atoms with van der Waals surface area (Å²) >= 11 is 0. The Morgan fingerprint density at radius 1 is 1.07 bits per heavy atom. The SMILES string of the molecule is C[C@@H](O)C[C@H](CNS(=O)(=O)c1ccc(OC(F)(F)F)cc1)c1ccccc1. The van der Waals surface area contributed by atoms with Gasteiger partial charge >= 0.3 is 6.36 Å². The van der Waals surface area contributed by atoms with E-state index in [1.165, 1.54) is 0 Å². The number of halogens is 3. The van der Waals surface area contributed by atoms with Crippen LogP contribution in [0.2, 0.25) is 0 Å². The molecule has 0 saturated heterocycles. The molecule has 27 heavy (non-hydrogen) atoms. The smallest absolute Gasteiger partial charge is 0.406 e. The molecule has 2 N–H and O–H groups in total. The van der Waals surface area contributed by atoms with Gasteiger partial charge in [-0.3, -0.25) is 0 Å². The van der Waals surface area contributed by atoms with Crippen molar-refractivity contribution in [1.82, 2.24) is 4.72 Å². The number of sulfonamides is 1. The van der Waals surface area contributed by atoms with Crippen LogP contribution in [-0.4, -0.2) is 32.5 Å². The summed E-state index contributed by atoms with van der Waals surface area (Å²) in [6, 6.07) is 13.1. The largest absolute Gasteiger partial charge is 0.573 e. The summed E-state index contributed by atoms with van der Waals surface area (Å²) in [4.78, 5) is -0.180. The van der Waals surface area contributed by atoms with Crippen molar-refractivity contribution in [2.45, 2.75) is 36.6 Å². The minimum Gasteiger partial charge on any atom is -0.406 e. The van der Waals surface area contributed by atoms with E-state index < -0.39 is 28.2 Å². The maximum atomic E-state index is 12.4. The van der Waals surface area contributed by atoms with Gasteiger partial charge in [0, 0.05) is 6.54 Å². The first-order valence-corrected chi connectivity index (χ1v) is 9.63. The predicted octanol–water partition coefficient (Wildman–Crippen LogP) is 3.42. The molecule has 9 heteroatoms. The number of hydrogen-bond acceptors (Lipinski definition) is 4. The van der Waals surface area contributed by atoms with E-state index in [9.17, 15) is 26.7 Å². The lowest BCUT2D eigenvalue weighted by Gasteiger charge is -2.20. The number of aliphatic hydroxyl groups excluding tert-OH is 1. The van der Waals surface area contributed by atoms with Crippen LogP contribution in [0.1, 0.15) is 24.8 Å². The highest BCUT2D eigenvalue weighted by Gasteiger charge is 2.31. The van der Waals surface area contributed by atoms with Crippen LogP contribution in [0.5, 0.6) is 5.75 Å². The van der Waals surface area contributed by atoms with Gasteiger partial charge in [-0.15, -0.1) is 13.2 Å². The predicted molar refractivity (Wildman–Crippen MR) is 93.8 cm³/mol. The summed E-state index contributed by atoms with van der Waals surface area (Å²) in [5, 5.41) is 9.67. The number of hydrogen-bond donors (Lipinski definition) is 2. The molecule has 0 amide bonds. The quantitative estimate of drug-likeness (QED) is 0.708. The van der Waals surface area contributed by atoms with Crippen molar-refractivity contribution in [2.75, 3.05) is 6.54 Å². The molecule has 0 aromatic heterocycles. The summed E-state index contributed by atoms with van der Waals surface area (Å²) < 4.78 is 67.5. The van der Waals surface area contributed by atoms with Crippen molar-refractivity contribution in [3.8, 4) is 5.75 Å². The number of aliphatic hydroxyl groups is 1. The Kier molecular flexibility index (Phi) is 6.85. The number of ether oxygens (including phenoxy) is 1. The Morgan fingerprint density at radius 2 is 1.67 bits per heavy atom. The van der Waals surface area contributed by atoms with Crippen LogP contribution in [0, 0.1) is 0 Å². The maximum Gasteiger partial charge on any atom is 0.573 e. The van der Waals surface area contributed by atoms with Gasteiger partial charge in [-0.2, -0.15) is 0 Å². The van der Waals surface area contributed by atoms with Crippen molar-refractivity contribution < 1.29 is 31.4 Å². The van der Waals surface area contributed by atoms with E-state index in [4.69, 9.17) is 0 Å². The molecule has 2 aromatic carbocycles. The van der Waals surface area contributed by atoms with Crippen molar-refractivity contribution in [1.29, 1.82) is 0 Å². The van der Waals surface area contributed by atoms with E-state index in [1.807, 2.05) is 30.3 Å². The first-order chi connectivity index (χ1) is 12.6. The normalized spacial score (nSPS) is 14.6. The maximum absolute atomic E-state index is 12.4. The van der Waals surface area contributed by atoms with Gasteiger partial charge in [0.15, 0.2) is 0 Å². The second kappa shape index (κ2) is 8.73. The highest BCUT2D eigenvalue weighted by atomic mass is 32.2. The first-order valence-electron chi connectivity index (χ1n) is 8.15. The van der Waals surface area contributed by atoms with Gasteiger partial charge < -0.3 is 9.84 Å². The molecule has 2 aromatic rings. The molecular formula is C18H20F3NO4S. The zero-order chi connectivity index (χ0) is 20.1. The zero-order valence-electron chi connectivity index (χ0n) is 14.5. The zero-order valence-corrected chi connectivity index (χ0v) is 15.3. The first kappa shape index (κ1) is 21.2. The van der Waals surface area contributed by atoms with Crippen LogP contribution in [0.15, 0.2) is 59.5 Å². The summed E-state index contributed by atoms with van der Waals surface area (Å²) in [6.45, 7) is 1.65. The summed E-state index contributed by atoms with van der Waals surface area (Å²) in [5.74, 6) is -0.758. The Morgan fingerprint density at radius 3 is 2.19 bits per heavy atom. The molecule has 0 heterocycles. The van der Waals surface area contributed by atoms with E-state index in [0.717, 1.165) is 29.8 Å². The molecule has 5 nitrogen and oxygen atoms in total. The molecular weight excluding hydrogens is 383 g/mol. The Labute approximate surface area is 155 Å². The van der Waals surface area contributed by atoms with E-state index in [1.54, 1.807) is 6.92 Å². The van der Waals surface area contributed by atoms with E-state index >= 15 is 0 Å². The average Bonchev–Trinajstić information content (AvgIpc) is 2.58. The topological polar surface area (TPSA) is 75.6 Å². The molecule has 0 saturated carbocycles. The highest BCUT2D eigenvalue weighted by Crippen LogP contribution is 2.25. The van der Waals surface area contributed by atoms with Crippen molar-refractivity contribution >= 4 is 10.0 Å². The highest BCUT2D eigenvalue weighted by molar-refractivity contribution is 7.89. The molecule has 0 unspecified atom stereocenters. The number of nitrogens with one attached hydrogen (secondary N) is 1. The van der Waals surface area contributed by atoms with Crippen LogP contribution in [0.3, 0.4) is 0 Å². The minimum absolute atomic E-state index is 0.0397. The van der Waals surface area contributed by atoms with Gasteiger partial charge in [0.1, 0.15) is 5.75 Å². The fourth-order valence-electron chi connectivity index (χ4n) is 2.59. The van der Waals surface area contributed by atoms with Gasteiger partial charge in [-0.05, 0) is 49.1 Å². The lowest BCUT2D eigenvalue weighted by Crippen LogP contribution is -2.30. The monoisotopic (exact) mass is 403 g/mol. The van der Waals surface area contributed by atoms with E-state index in [2.05, 4.69) is 9.46 Å². The molecule has 0 aliphatic heterocycles. The van der Waals surface area contributed by atoms with Gasteiger partial charge in [-0.25, -0.2) is 13.1 Å². The summed E-state index contributed by atoms with van der Waals surface area (Å²) in [7, 11) is -3.93. The van der Waals surface area contributed by atoms with Crippen LogP contribution >= 0.6 is 0 Å². The molecule has 0 aliphatic carbocycles. The average molecular weight is 403 g/mol. The molecule has 2 atom stereocenters. The fourth-order valence-corrected chi connectivity index (χ4v) is 3.67. The Hall–Kier alpha value is -2.10. The van der Waals surface area contributed by atoms with Gasteiger partial charge in [0.05, 0.1) is 11.0 Å². The Bertz CT molecular complexity index is 822. The Balaban J connectivity index is 2.10. The number of alkyl halides is 3. The molecule has 2 rings (SSSR count). The van der Waals surface area contributed by atoms with Crippen LogP contribution in [0.4, 0.5) is 13.2 Å². The van der Waals surface area contributed by atoms with Crippen molar-refractivity contribution in [3.63, 3.8) is 0 Å². The van der Waals surface area contributed by atoms with Crippen molar-refractivity contribution in [3.05, 3.63) is 60.2 Å². The van der Waals surface area contributed by atoms with Gasteiger partial charge in [0.2, 0.25) is 10.0 Å². The van der Waals surface area contributed by atoms with Crippen molar-refractivity contribution in [2.24, 2.45) is 0 Å². The third kappa shape index (κ3) is 6.85. The van der Waals surface area contributed by atoms with E-state index in [0.29, 0.717) is 6.42 Å².